The summed E-state index contributed by atoms with van der Waals surface area (Å²) in [6, 6.07) is 12.4. The van der Waals surface area contributed by atoms with E-state index in [4.69, 9.17) is 4.74 Å². The number of alkyl carbamates (subject to hydrolysis) is 1. The lowest BCUT2D eigenvalue weighted by atomic mass is 9.97. The van der Waals surface area contributed by atoms with E-state index >= 15 is 0 Å². The summed E-state index contributed by atoms with van der Waals surface area (Å²) in [4.78, 5) is 39.6. The van der Waals surface area contributed by atoms with Crippen LogP contribution in [0.2, 0.25) is 0 Å². The Morgan fingerprint density at radius 2 is 1.66 bits per heavy atom. The van der Waals surface area contributed by atoms with E-state index in [1.807, 2.05) is 63.2 Å². The molecule has 0 saturated heterocycles. The van der Waals surface area contributed by atoms with Crippen LogP contribution in [0.5, 0.6) is 0 Å². The number of amides is 3. The third kappa shape index (κ3) is 6.83. The van der Waals surface area contributed by atoms with Gasteiger partial charge in [0, 0.05) is 12.7 Å². The Balaban J connectivity index is 2.28. The van der Waals surface area contributed by atoms with E-state index in [1.54, 1.807) is 27.8 Å². The number of carbonyl (C=O) groups excluding carboxylic acids is 3. The number of hydrogen-bond acceptors (Lipinski definition) is 4. The van der Waals surface area contributed by atoms with E-state index in [0.717, 1.165) is 22.3 Å². The van der Waals surface area contributed by atoms with Crippen molar-refractivity contribution >= 4 is 23.6 Å². The molecular weight excluding hydrogens is 406 g/mol. The summed E-state index contributed by atoms with van der Waals surface area (Å²) >= 11 is 0. The molecule has 2 aromatic rings. The van der Waals surface area contributed by atoms with Gasteiger partial charge in [-0.05, 0) is 64.3 Å². The van der Waals surface area contributed by atoms with Crippen LogP contribution in [0.3, 0.4) is 0 Å². The van der Waals surface area contributed by atoms with Gasteiger partial charge in [-0.1, -0.05) is 42.0 Å². The van der Waals surface area contributed by atoms with Crippen molar-refractivity contribution in [2.45, 2.75) is 53.2 Å². The second-order valence-electron chi connectivity index (χ2n) is 8.93. The fourth-order valence-corrected chi connectivity index (χ4v) is 3.23. The Labute approximate surface area is 190 Å². The van der Waals surface area contributed by atoms with E-state index in [-0.39, 0.29) is 12.5 Å². The average molecular weight is 440 g/mol. The number of likely N-dealkylation sites (N-methyl/N-ethyl adjacent to an activating group) is 1. The van der Waals surface area contributed by atoms with Crippen LogP contribution in [-0.4, -0.2) is 42.0 Å². The highest BCUT2D eigenvalue weighted by Crippen LogP contribution is 2.27. The van der Waals surface area contributed by atoms with Crippen LogP contribution >= 0.6 is 0 Å². The first-order chi connectivity index (χ1) is 14.9. The molecule has 0 bridgehead atoms. The van der Waals surface area contributed by atoms with Crippen molar-refractivity contribution in [3.63, 3.8) is 0 Å². The van der Waals surface area contributed by atoms with Gasteiger partial charge in [-0.15, -0.1) is 0 Å². The minimum Gasteiger partial charge on any atom is -0.444 e. The summed E-state index contributed by atoms with van der Waals surface area (Å²) in [7, 11) is 1.56. The van der Waals surface area contributed by atoms with E-state index < -0.39 is 23.6 Å². The molecule has 0 aliphatic heterocycles. The van der Waals surface area contributed by atoms with Gasteiger partial charge in [0.25, 0.3) is 5.91 Å². The van der Waals surface area contributed by atoms with Gasteiger partial charge in [-0.25, -0.2) is 4.79 Å². The second-order valence-corrected chi connectivity index (χ2v) is 8.93. The lowest BCUT2D eigenvalue weighted by Crippen LogP contribution is -2.44. The standard InChI is InChI=1S/C25H33N3O4/c1-16-12-13-17(2)19(14-16)22(23(30)27-20-11-9-8-10-18(20)3)28(7)21(29)15-26-24(31)32-25(4,5)6/h8-14,22H,15H2,1-7H3,(H,26,31)(H,27,30). The number of benzene rings is 2. The zero-order valence-electron chi connectivity index (χ0n) is 19.9. The van der Waals surface area contributed by atoms with Gasteiger partial charge in [0.15, 0.2) is 0 Å². The van der Waals surface area contributed by atoms with E-state index in [9.17, 15) is 14.4 Å². The van der Waals surface area contributed by atoms with Crippen molar-refractivity contribution in [3.05, 3.63) is 64.7 Å². The fraction of sp³-hybridized carbons (Fsp3) is 0.400. The Bertz CT molecular complexity index is 995. The summed E-state index contributed by atoms with van der Waals surface area (Å²) in [6.07, 6.45) is -0.688. The topological polar surface area (TPSA) is 87.7 Å². The van der Waals surface area contributed by atoms with Crippen LogP contribution in [0.4, 0.5) is 10.5 Å². The molecule has 0 radical (unpaired) electrons. The van der Waals surface area contributed by atoms with Crippen molar-refractivity contribution in [1.29, 1.82) is 0 Å². The van der Waals surface area contributed by atoms with Crippen LogP contribution in [0.25, 0.3) is 0 Å². The highest BCUT2D eigenvalue weighted by Gasteiger charge is 2.30. The Kier molecular flexibility index (Phi) is 8.02. The first-order valence-corrected chi connectivity index (χ1v) is 10.5. The van der Waals surface area contributed by atoms with Gasteiger partial charge in [0.1, 0.15) is 18.2 Å². The zero-order chi connectivity index (χ0) is 24.1. The molecule has 32 heavy (non-hydrogen) atoms. The lowest BCUT2D eigenvalue weighted by Gasteiger charge is -2.29. The molecule has 0 aromatic heterocycles. The van der Waals surface area contributed by atoms with Crippen molar-refractivity contribution in [2.75, 3.05) is 18.9 Å². The van der Waals surface area contributed by atoms with Crippen molar-refractivity contribution in [3.8, 4) is 0 Å². The van der Waals surface area contributed by atoms with E-state index in [1.165, 1.54) is 4.90 Å². The number of carbonyl (C=O) groups is 3. The largest absolute Gasteiger partial charge is 0.444 e. The highest BCUT2D eigenvalue weighted by molar-refractivity contribution is 5.99. The third-order valence-corrected chi connectivity index (χ3v) is 4.94. The summed E-state index contributed by atoms with van der Waals surface area (Å²) in [6.45, 7) is 10.7. The van der Waals surface area contributed by atoms with Crippen molar-refractivity contribution in [2.24, 2.45) is 0 Å². The molecule has 2 N–H and O–H groups in total. The summed E-state index contributed by atoms with van der Waals surface area (Å²) < 4.78 is 5.19. The van der Waals surface area contributed by atoms with Crippen molar-refractivity contribution in [1.82, 2.24) is 10.2 Å². The van der Waals surface area contributed by atoms with E-state index in [0.29, 0.717) is 5.69 Å². The van der Waals surface area contributed by atoms with Gasteiger partial charge >= 0.3 is 6.09 Å². The number of hydrogen-bond donors (Lipinski definition) is 2. The first-order valence-electron chi connectivity index (χ1n) is 10.5. The van der Waals surface area contributed by atoms with Gasteiger partial charge in [0.05, 0.1) is 0 Å². The zero-order valence-corrected chi connectivity index (χ0v) is 19.9. The Morgan fingerprint density at radius 1 is 1.00 bits per heavy atom. The Hall–Kier alpha value is -3.35. The van der Waals surface area contributed by atoms with Crippen LogP contribution in [0, 0.1) is 20.8 Å². The molecule has 7 heteroatoms. The normalized spacial score (nSPS) is 12.0. The number of rotatable bonds is 6. The highest BCUT2D eigenvalue weighted by atomic mass is 16.6. The average Bonchev–Trinajstić information content (AvgIpc) is 2.69. The maximum Gasteiger partial charge on any atom is 0.408 e. The number of aryl methyl sites for hydroxylation is 3. The van der Waals surface area contributed by atoms with Crippen LogP contribution in [-0.2, 0) is 14.3 Å². The smallest absolute Gasteiger partial charge is 0.408 e. The minimum absolute atomic E-state index is 0.287. The number of anilines is 1. The maximum absolute atomic E-state index is 13.4. The lowest BCUT2D eigenvalue weighted by molar-refractivity contribution is -0.136. The van der Waals surface area contributed by atoms with Crippen molar-refractivity contribution < 1.29 is 19.1 Å². The molecule has 0 heterocycles. The van der Waals surface area contributed by atoms with Gasteiger partial charge in [-0.3, -0.25) is 9.59 Å². The fourth-order valence-electron chi connectivity index (χ4n) is 3.23. The van der Waals surface area contributed by atoms with Gasteiger partial charge in [0.2, 0.25) is 5.91 Å². The summed E-state index contributed by atoms with van der Waals surface area (Å²) in [5, 5.41) is 5.41. The molecular formula is C25H33N3O4. The molecule has 0 aliphatic carbocycles. The number of nitrogens with zero attached hydrogens (tertiary/aromatic N) is 1. The maximum atomic E-state index is 13.4. The van der Waals surface area contributed by atoms with Crippen LogP contribution in [0.15, 0.2) is 42.5 Å². The predicted molar refractivity (Wildman–Crippen MR) is 125 cm³/mol. The Morgan fingerprint density at radius 3 is 2.28 bits per heavy atom. The summed E-state index contributed by atoms with van der Waals surface area (Å²) in [5.41, 5.74) is 3.52. The molecule has 0 spiro atoms. The second kappa shape index (κ2) is 10.3. The summed E-state index contributed by atoms with van der Waals surface area (Å²) in [5.74, 6) is -0.747. The molecule has 0 aliphatic rings. The third-order valence-electron chi connectivity index (χ3n) is 4.94. The number of para-hydroxylation sites is 1. The molecule has 1 atom stereocenters. The predicted octanol–water partition coefficient (Wildman–Crippen LogP) is 4.27. The van der Waals surface area contributed by atoms with Crippen LogP contribution in [0.1, 0.15) is 49.1 Å². The van der Waals surface area contributed by atoms with Gasteiger partial charge in [-0.2, -0.15) is 0 Å². The molecule has 172 valence electrons. The molecule has 3 amide bonds. The molecule has 2 aromatic carbocycles. The minimum atomic E-state index is -0.873. The first kappa shape index (κ1) is 24.9. The molecule has 2 rings (SSSR count). The monoisotopic (exact) mass is 439 g/mol. The van der Waals surface area contributed by atoms with E-state index in [2.05, 4.69) is 10.6 Å². The van der Waals surface area contributed by atoms with Gasteiger partial charge < -0.3 is 20.3 Å². The number of nitrogens with one attached hydrogen (secondary N) is 2. The molecule has 0 saturated carbocycles. The number of ether oxygens (including phenoxy) is 1. The molecule has 0 fully saturated rings. The SMILES string of the molecule is Cc1ccc(C)c(C(C(=O)Nc2ccccc2C)N(C)C(=O)CNC(=O)OC(C)(C)C)c1. The molecule has 1 unspecified atom stereocenters. The molecule has 7 nitrogen and oxygen atoms in total. The quantitative estimate of drug-likeness (QED) is 0.703. The van der Waals surface area contributed by atoms with Crippen LogP contribution < -0.4 is 10.6 Å².